The highest BCUT2D eigenvalue weighted by Gasteiger charge is 2.30. The fourth-order valence-electron chi connectivity index (χ4n) is 2.06. The molecule has 2 fully saturated rings. The lowest BCUT2D eigenvalue weighted by molar-refractivity contribution is 0.100. The van der Waals surface area contributed by atoms with Crippen molar-refractivity contribution >= 4 is 0 Å². The van der Waals surface area contributed by atoms with Gasteiger partial charge in [-0.3, -0.25) is 0 Å². The lowest BCUT2D eigenvalue weighted by atomic mass is 10.2. The highest BCUT2D eigenvalue weighted by atomic mass is 16.5. The average Bonchev–Trinajstić information content (AvgIpc) is 3.09. The maximum absolute atomic E-state index is 5.78. The van der Waals surface area contributed by atoms with E-state index >= 15 is 0 Å². The van der Waals surface area contributed by atoms with Gasteiger partial charge >= 0.3 is 0 Å². The Labute approximate surface area is 93.8 Å². The van der Waals surface area contributed by atoms with Crippen LogP contribution < -0.4 is 5.32 Å². The Bertz CT molecular complexity index is 175. The summed E-state index contributed by atoms with van der Waals surface area (Å²) in [5.74, 6) is 1.92. The zero-order valence-electron chi connectivity index (χ0n) is 10.0. The molecule has 0 aromatic rings. The van der Waals surface area contributed by atoms with E-state index in [-0.39, 0.29) is 0 Å². The Kier molecular flexibility index (Phi) is 4.45. The highest BCUT2D eigenvalue weighted by molar-refractivity contribution is 4.86. The molecule has 1 atom stereocenters. The van der Waals surface area contributed by atoms with Crippen molar-refractivity contribution in [3.8, 4) is 0 Å². The molecule has 0 aromatic heterocycles. The van der Waals surface area contributed by atoms with Crippen LogP contribution >= 0.6 is 0 Å². The largest absolute Gasteiger partial charge is 0.380 e. The first-order valence-electron chi connectivity index (χ1n) is 6.71. The van der Waals surface area contributed by atoms with E-state index in [9.17, 15) is 0 Å². The van der Waals surface area contributed by atoms with Crippen LogP contribution in [0.3, 0.4) is 0 Å². The third-order valence-corrected chi connectivity index (χ3v) is 3.51. The van der Waals surface area contributed by atoms with Gasteiger partial charge in [0.25, 0.3) is 0 Å². The molecule has 2 rings (SSSR count). The maximum atomic E-state index is 5.78. The molecule has 88 valence electrons. The van der Waals surface area contributed by atoms with Crippen molar-refractivity contribution in [2.24, 2.45) is 11.8 Å². The van der Waals surface area contributed by atoms with Gasteiger partial charge in [0, 0.05) is 12.6 Å². The van der Waals surface area contributed by atoms with E-state index < -0.39 is 0 Å². The van der Waals surface area contributed by atoms with Crippen molar-refractivity contribution < 1.29 is 4.74 Å². The first-order valence-corrected chi connectivity index (χ1v) is 6.71. The molecule has 2 aliphatic carbocycles. The lowest BCUT2D eigenvalue weighted by Crippen LogP contribution is -2.36. The summed E-state index contributed by atoms with van der Waals surface area (Å²) in [6, 6.07) is 0.643. The van der Waals surface area contributed by atoms with E-state index in [1.54, 1.807) is 0 Å². The maximum Gasteiger partial charge on any atom is 0.0622 e. The summed E-state index contributed by atoms with van der Waals surface area (Å²) >= 11 is 0. The molecule has 1 N–H and O–H groups in total. The van der Waals surface area contributed by atoms with Gasteiger partial charge < -0.3 is 10.1 Å². The second kappa shape index (κ2) is 5.86. The van der Waals surface area contributed by atoms with E-state index in [4.69, 9.17) is 4.74 Å². The quantitative estimate of drug-likeness (QED) is 0.592. The summed E-state index contributed by atoms with van der Waals surface area (Å²) < 4.78 is 5.78. The molecule has 2 aliphatic rings. The summed E-state index contributed by atoms with van der Waals surface area (Å²) in [5.41, 5.74) is 0. The molecule has 0 amide bonds. The Hall–Kier alpha value is -0.0800. The van der Waals surface area contributed by atoms with Crippen molar-refractivity contribution in [1.82, 2.24) is 5.32 Å². The second-order valence-corrected chi connectivity index (χ2v) is 5.21. The number of hydrogen-bond donors (Lipinski definition) is 1. The van der Waals surface area contributed by atoms with Gasteiger partial charge in [-0.15, -0.1) is 0 Å². The fraction of sp³-hybridized carbons (Fsp3) is 1.00. The normalized spacial score (nSPS) is 23.0. The van der Waals surface area contributed by atoms with Crippen LogP contribution in [-0.4, -0.2) is 25.8 Å². The molecule has 2 heteroatoms. The van der Waals surface area contributed by atoms with Crippen molar-refractivity contribution in [3.63, 3.8) is 0 Å². The Morgan fingerprint density at radius 1 is 1.27 bits per heavy atom. The number of hydrogen-bond acceptors (Lipinski definition) is 2. The van der Waals surface area contributed by atoms with E-state index in [1.165, 1.54) is 38.5 Å². The van der Waals surface area contributed by atoms with Gasteiger partial charge in [0.2, 0.25) is 0 Å². The average molecular weight is 211 g/mol. The van der Waals surface area contributed by atoms with Crippen LogP contribution in [0.25, 0.3) is 0 Å². The van der Waals surface area contributed by atoms with Gasteiger partial charge in [-0.1, -0.05) is 19.8 Å². The molecule has 15 heavy (non-hydrogen) atoms. The monoisotopic (exact) mass is 211 g/mol. The van der Waals surface area contributed by atoms with Gasteiger partial charge in [-0.05, 0) is 44.1 Å². The Morgan fingerprint density at radius 2 is 2.07 bits per heavy atom. The van der Waals surface area contributed by atoms with Gasteiger partial charge in [0.15, 0.2) is 0 Å². The molecule has 0 heterocycles. The fourth-order valence-corrected chi connectivity index (χ4v) is 2.06. The third-order valence-electron chi connectivity index (χ3n) is 3.51. The lowest BCUT2D eigenvalue weighted by Gasteiger charge is -2.17. The van der Waals surface area contributed by atoms with E-state index in [0.717, 1.165) is 31.6 Å². The van der Waals surface area contributed by atoms with Crippen molar-refractivity contribution in [2.75, 3.05) is 19.8 Å². The predicted molar refractivity (Wildman–Crippen MR) is 63.0 cm³/mol. The smallest absolute Gasteiger partial charge is 0.0622 e. The van der Waals surface area contributed by atoms with Gasteiger partial charge in [0.1, 0.15) is 0 Å². The third kappa shape index (κ3) is 4.52. The molecule has 0 aromatic carbocycles. The summed E-state index contributed by atoms with van der Waals surface area (Å²) in [6.07, 6.45) is 8.24. The highest BCUT2D eigenvalue weighted by Crippen LogP contribution is 2.34. The minimum atomic E-state index is 0.643. The van der Waals surface area contributed by atoms with Crippen LogP contribution in [-0.2, 0) is 4.74 Å². The molecular formula is C13H25NO. The molecule has 1 unspecified atom stereocenters. The van der Waals surface area contributed by atoms with E-state index in [0.29, 0.717) is 6.04 Å². The van der Waals surface area contributed by atoms with Crippen LogP contribution in [0.2, 0.25) is 0 Å². The van der Waals surface area contributed by atoms with E-state index in [2.05, 4.69) is 12.2 Å². The summed E-state index contributed by atoms with van der Waals surface area (Å²) in [7, 11) is 0. The minimum Gasteiger partial charge on any atom is -0.380 e. The molecule has 0 radical (unpaired) electrons. The van der Waals surface area contributed by atoms with Crippen LogP contribution in [0.1, 0.15) is 45.4 Å². The topological polar surface area (TPSA) is 21.3 Å². The van der Waals surface area contributed by atoms with Crippen LogP contribution in [0.5, 0.6) is 0 Å². The molecule has 0 aliphatic heterocycles. The Morgan fingerprint density at radius 3 is 2.67 bits per heavy atom. The first kappa shape index (κ1) is 11.4. The molecular weight excluding hydrogens is 186 g/mol. The summed E-state index contributed by atoms with van der Waals surface area (Å²) in [5, 5.41) is 3.61. The molecule has 0 saturated heterocycles. The molecule has 2 saturated carbocycles. The summed E-state index contributed by atoms with van der Waals surface area (Å²) in [6.45, 7) is 5.30. The molecule has 2 nitrogen and oxygen atoms in total. The zero-order valence-corrected chi connectivity index (χ0v) is 10.0. The number of nitrogens with one attached hydrogen (secondary N) is 1. The van der Waals surface area contributed by atoms with Gasteiger partial charge in [-0.25, -0.2) is 0 Å². The second-order valence-electron chi connectivity index (χ2n) is 5.21. The van der Waals surface area contributed by atoms with Crippen LogP contribution in [0.4, 0.5) is 0 Å². The van der Waals surface area contributed by atoms with E-state index in [1.807, 2.05) is 0 Å². The SMILES string of the molecule is CCCNC(COCCC1CC1)C1CC1. The predicted octanol–water partition coefficient (Wildman–Crippen LogP) is 2.58. The standard InChI is InChI=1S/C13H25NO/c1-2-8-14-13(12-5-6-12)10-15-9-7-11-3-4-11/h11-14H,2-10H2,1H3. The van der Waals surface area contributed by atoms with Gasteiger partial charge in [0.05, 0.1) is 6.61 Å². The summed E-state index contributed by atoms with van der Waals surface area (Å²) in [4.78, 5) is 0. The van der Waals surface area contributed by atoms with Crippen molar-refractivity contribution in [2.45, 2.75) is 51.5 Å². The van der Waals surface area contributed by atoms with Crippen LogP contribution in [0.15, 0.2) is 0 Å². The minimum absolute atomic E-state index is 0.643. The molecule has 0 bridgehead atoms. The van der Waals surface area contributed by atoms with Crippen molar-refractivity contribution in [1.29, 1.82) is 0 Å². The van der Waals surface area contributed by atoms with Gasteiger partial charge in [-0.2, -0.15) is 0 Å². The zero-order chi connectivity index (χ0) is 10.5. The number of rotatable bonds is 9. The van der Waals surface area contributed by atoms with Crippen molar-refractivity contribution in [3.05, 3.63) is 0 Å². The molecule has 0 spiro atoms. The first-order chi connectivity index (χ1) is 7.40. The number of ether oxygens (including phenoxy) is 1. The Balaban J connectivity index is 1.51. The van der Waals surface area contributed by atoms with Crippen LogP contribution in [0, 0.1) is 11.8 Å².